The third-order valence-corrected chi connectivity index (χ3v) is 2.89. The Labute approximate surface area is 124 Å². The Morgan fingerprint density at radius 2 is 1.55 bits per heavy atom. The molecule has 7 heteroatoms. The summed E-state index contributed by atoms with van der Waals surface area (Å²) in [5.41, 5.74) is -0.356. The fourth-order valence-corrected chi connectivity index (χ4v) is 1.78. The zero-order chi connectivity index (χ0) is 16.3. The maximum absolute atomic E-state index is 13.6. The van der Waals surface area contributed by atoms with Crippen molar-refractivity contribution in [1.82, 2.24) is 0 Å². The lowest BCUT2D eigenvalue weighted by Gasteiger charge is -2.10. The predicted molar refractivity (Wildman–Crippen MR) is 73.8 cm³/mol. The molecule has 0 fully saturated rings. The highest BCUT2D eigenvalue weighted by atomic mass is 19.2. The van der Waals surface area contributed by atoms with Gasteiger partial charge in [-0.05, 0) is 12.1 Å². The van der Waals surface area contributed by atoms with Crippen LogP contribution in [0.1, 0.15) is 10.4 Å². The van der Waals surface area contributed by atoms with E-state index in [1.165, 1.54) is 26.4 Å². The summed E-state index contributed by atoms with van der Waals surface area (Å²) in [6.07, 6.45) is 0. The van der Waals surface area contributed by atoms with Gasteiger partial charge in [-0.15, -0.1) is 0 Å². The molecule has 2 aromatic rings. The number of carbonyl (C=O) groups is 1. The average molecular weight is 311 g/mol. The smallest absolute Gasteiger partial charge is 0.258 e. The summed E-state index contributed by atoms with van der Waals surface area (Å²) in [4.78, 5) is 12.0. The van der Waals surface area contributed by atoms with E-state index in [1.54, 1.807) is 6.07 Å². The molecule has 0 bridgehead atoms. The van der Waals surface area contributed by atoms with Gasteiger partial charge in [-0.2, -0.15) is 0 Å². The van der Waals surface area contributed by atoms with Crippen LogP contribution in [0.4, 0.5) is 18.9 Å². The Morgan fingerprint density at radius 3 is 2.09 bits per heavy atom. The minimum atomic E-state index is -1.70. The van der Waals surface area contributed by atoms with Crippen LogP contribution in [-0.2, 0) is 0 Å². The van der Waals surface area contributed by atoms with E-state index >= 15 is 0 Å². The molecule has 4 nitrogen and oxygen atoms in total. The number of ether oxygens (including phenoxy) is 2. The highest BCUT2D eigenvalue weighted by Crippen LogP contribution is 2.26. The molecular weight excluding hydrogens is 299 g/mol. The number of methoxy groups -OCH3 is 2. The molecule has 0 aliphatic heterocycles. The van der Waals surface area contributed by atoms with Crippen LogP contribution in [0.15, 0.2) is 30.3 Å². The first-order valence-corrected chi connectivity index (χ1v) is 6.14. The third-order valence-electron chi connectivity index (χ3n) is 2.89. The molecule has 0 aromatic heterocycles. The maximum Gasteiger partial charge on any atom is 0.258 e. The number of hydrogen-bond acceptors (Lipinski definition) is 3. The van der Waals surface area contributed by atoms with Gasteiger partial charge in [0.2, 0.25) is 0 Å². The molecule has 116 valence electrons. The molecule has 0 aliphatic rings. The molecule has 22 heavy (non-hydrogen) atoms. The van der Waals surface area contributed by atoms with E-state index in [9.17, 15) is 18.0 Å². The van der Waals surface area contributed by atoms with Crippen LogP contribution < -0.4 is 14.8 Å². The number of halogens is 3. The molecule has 0 saturated heterocycles. The third kappa shape index (κ3) is 3.13. The second kappa shape index (κ2) is 6.38. The summed E-state index contributed by atoms with van der Waals surface area (Å²) in [5.74, 6) is -4.73. The molecule has 0 radical (unpaired) electrons. The number of carbonyl (C=O) groups excluding carboxylic acids is 1. The van der Waals surface area contributed by atoms with E-state index < -0.39 is 28.9 Å². The highest BCUT2D eigenvalue weighted by molar-refractivity contribution is 6.04. The summed E-state index contributed by atoms with van der Waals surface area (Å²) >= 11 is 0. The summed E-state index contributed by atoms with van der Waals surface area (Å²) in [7, 11) is 2.85. The number of hydrogen-bond donors (Lipinski definition) is 1. The van der Waals surface area contributed by atoms with E-state index in [0.717, 1.165) is 6.07 Å². The standard InChI is InChI=1S/C15H12F3NO3/c1-21-9-5-8(6-10(7-9)22-2)19-15(20)11-3-4-12(16)14(18)13(11)17/h3-7H,1-2H3,(H,19,20). The second-order valence-corrected chi connectivity index (χ2v) is 4.28. The molecule has 0 aliphatic carbocycles. The van der Waals surface area contributed by atoms with Gasteiger partial charge in [0.15, 0.2) is 17.5 Å². The van der Waals surface area contributed by atoms with Crippen molar-refractivity contribution in [2.75, 3.05) is 19.5 Å². The van der Waals surface area contributed by atoms with Gasteiger partial charge in [-0.1, -0.05) is 0 Å². The van der Waals surface area contributed by atoms with Gasteiger partial charge in [0, 0.05) is 23.9 Å². The van der Waals surface area contributed by atoms with Crippen LogP contribution in [0, 0.1) is 17.5 Å². The fraction of sp³-hybridized carbons (Fsp3) is 0.133. The number of benzene rings is 2. The average Bonchev–Trinajstić information content (AvgIpc) is 2.52. The molecule has 0 saturated carbocycles. The molecule has 0 spiro atoms. The van der Waals surface area contributed by atoms with Gasteiger partial charge >= 0.3 is 0 Å². The molecule has 1 N–H and O–H groups in total. The van der Waals surface area contributed by atoms with E-state index in [2.05, 4.69) is 5.32 Å². The first-order chi connectivity index (χ1) is 10.5. The van der Waals surface area contributed by atoms with E-state index in [-0.39, 0.29) is 5.69 Å². The lowest BCUT2D eigenvalue weighted by molar-refractivity contribution is 0.102. The summed E-state index contributed by atoms with van der Waals surface area (Å²) in [6.45, 7) is 0. The Bertz CT molecular complexity index is 697. The second-order valence-electron chi connectivity index (χ2n) is 4.28. The van der Waals surface area contributed by atoms with Crippen LogP contribution >= 0.6 is 0 Å². The molecule has 0 unspecified atom stereocenters. The molecule has 0 heterocycles. The highest BCUT2D eigenvalue weighted by Gasteiger charge is 2.19. The van der Waals surface area contributed by atoms with Crippen molar-refractivity contribution in [2.45, 2.75) is 0 Å². The van der Waals surface area contributed by atoms with Crippen molar-refractivity contribution in [1.29, 1.82) is 0 Å². The molecule has 1 amide bonds. The molecule has 2 aromatic carbocycles. The van der Waals surface area contributed by atoms with Crippen molar-refractivity contribution in [3.8, 4) is 11.5 Å². The van der Waals surface area contributed by atoms with Crippen molar-refractivity contribution in [3.05, 3.63) is 53.3 Å². The van der Waals surface area contributed by atoms with Crippen LogP contribution in [0.2, 0.25) is 0 Å². The number of anilines is 1. The van der Waals surface area contributed by atoms with E-state index in [4.69, 9.17) is 9.47 Å². The van der Waals surface area contributed by atoms with Crippen molar-refractivity contribution < 1.29 is 27.4 Å². The number of amides is 1. The summed E-state index contributed by atoms with van der Waals surface area (Å²) < 4.78 is 49.7. The van der Waals surface area contributed by atoms with Crippen molar-refractivity contribution in [3.63, 3.8) is 0 Å². The summed E-state index contributed by atoms with van der Waals surface area (Å²) in [5, 5.41) is 2.37. The van der Waals surface area contributed by atoms with Gasteiger partial charge in [0.05, 0.1) is 19.8 Å². The first-order valence-electron chi connectivity index (χ1n) is 6.14. The monoisotopic (exact) mass is 311 g/mol. The molecular formula is C15H12F3NO3. The zero-order valence-electron chi connectivity index (χ0n) is 11.7. The van der Waals surface area contributed by atoms with Crippen LogP contribution in [-0.4, -0.2) is 20.1 Å². The lowest BCUT2D eigenvalue weighted by atomic mass is 10.1. The number of rotatable bonds is 4. The first kappa shape index (κ1) is 15.7. The Balaban J connectivity index is 2.31. The minimum absolute atomic E-state index is 0.255. The zero-order valence-corrected chi connectivity index (χ0v) is 11.7. The van der Waals surface area contributed by atoms with Crippen molar-refractivity contribution in [2.24, 2.45) is 0 Å². The lowest BCUT2D eigenvalue weighted by Crippen LogP contribution is -2.15. The predicted octanol–water partition coefficient (Wildman–Crippen LogP) is 3.37. The molecule has 0 atom stereocenters. The van der Waals surface area contributed by atoms with Crippen LogP contribution in [0.3, 0.4) is 0 Å². The van der Waals surface area contributed by atoms with Crippen LogP contribution in [0.5, 0.6) is 11.5 Å². The fourth-order valence-electron chi connectivity index (χ4n) is 1.78. The minimum Gasteiger partial charge on any atom is -0.497 e. The van der Waals surface area contributed by atoms with Gasteiger partial charge in [0.25, 0.3) is 5.91 Å². The SMILES string of the molecule is COc1cc(NC(=O)c2ccc(F)c(F)c2F)cc(OC)c1. The number of nitrogens with one attached hydrogen (secondary N) is 1. The van der Waals surface area contributed by atoms with Crippen LogP contribution in [0.25, 0.3) is 0 Å². The van der Waals surface area contributed by atoms with E-state index in [0.29, 0.717) is 17.6 Å². The van der Waals surface area contributed by atoms with E-state index in [1.807, 2.05) is 0 Å². The maximum atomic E-state index is 13.6. The van der Waals surface area contributed by atoms with Crippen molar-refractivity contribution >= 4 is 11.6 Å². The summed E-state index contributed by atoms with van der Waals surface area (Å²) in [6, 6.07) is 6.06. The van der Waals surface area contributed by atoms with Gasteiger partial charge in [0.1, 0.15) is 11.5 Å². The van der Waals surface area contributed by atoms with Gasteiger partial charge < -0.3 is 14.8 Å². The Hall–Kier alpha value is -2.70. The molecule has 2 rings (SSSR count). The Kier molecular flexibility index (Phi) is 4.55. The Morgan fingerprint density at radius 1 is 0.955 bits per heavy atom. The quantitative estimate of drug-likeness (QED) is 0.881. The normalized spacial score (nSPS) is 10.2. The largest absolute Gasteiger partial charge is 0.497 e. The van der Waals surface area contributed by atoms with Gasteiger partial charge in [-0.3, -0.25) is 4.79 Å². The van der Waals surface area contributed by atoms with Gasteiger partial charge in [-0.25, -0.2) is 13.2 Å². The topological polar surface area (TPSA) is 47.6 Å².